The standard InChI is InChI=1S/C15H16N2O3/c1-10(17-13(18)6-7-14(17)19)15(20)16-9-8-11-4-2-3-5-12(11)16/h2-5,10H,6-9H2,1H3. The number of fused-ring (bicyclic) bond motifs is 1. The van der Waals surface area contributed by atoms with Crippen molar-refractivity contribution < 1.29 is 14.4 Å². The summed E-state index contributed by atoms with van der Waals surface area (Å²) in [4.78, 5) is 38.8. The number of para-hydroxylation sites is 1. The van der Waals surface area contributed by atoms with E-state index >= 15 is 0 Å². The average Bonchev–Trinajstić information content (AvgIpc) is 3.01. The summed E-state index contributed by atoms with van der Waals surface area (Å²) in [6.07, 6.45) is 1.25. The van der Waals surface area contributed by atoms with Gasteiger partial charge in [-0.25, -0.2) is 0 Å². The van der Waals surface area contributed by atoms with Crippen LogP contribution in [0.4, 0.5) is 5.69 Å². The highest BCUT2D eigenvalue weighted by molar-refractivity contribution is 6.08. The van der Waals surface area contributed by atoms with Gasteiger partial charge >= 0.3 is 0 Å². The van der Waals surface area contributed by atoms with Crippen LogP contribution >= 0.6 is 0 Å². The summed E-state index contributed by atoms with van der Waals surface area (Å²) in [6.45, 7) is 2.24. The van der Waals surface area contributed by atoms with E-state index in [4.69, 9.17) is 0 Å². The minimum Gasteiger partial charge on any atom is -0.310 e. The number of rotatable bonds is 2. The molecule has 3 amide bonds. The third kappa shape index (κ3) is 1.90. The Morgan fingerprint density at radius 2 is 1.75 bits per heavy atom. The number of anilines is 1. The smallest absolute Gasteiger partial charge is 0.250 e. The molecule has 5 nitrogen and oxygen atoms in total. The van der Waals surface area contributed by atoms with Gasteiger partial charge in [-0.2, -0.15) is 0 Å². The first kappa shape index (κ1) is 12.8. The van der Waals surface area contributed by atoms with Gasteiger partial charge < -0.3 is 4.90 Å². The molecule has 0 saturated carbocycles. The molecule has 0 aliphatic carbocycles. The fourth-order valence-corrected chi connectivity index (χ4v) is 2.93. The SMILES string of the molecule is CC(C(=O)N1CCc2ccccc21)N1C(=O)CCC1=O. The number of hydrogen-bond donors (Lipinski definition) is 0. The van der Waals surface area contributed by atoms with Gasteiger partial charge in [-0.3, -0.25) is 19.3 Å². The highest BCUT2D eigenvalue weighted by Crippen LogP contribution is 2.29. The Labute approximate surface area is 117 Å². The number of amides is 3. The Bertz CT molecular complexity index is 581. The lowest BCUT2D eigenvalue weighted by atomic mass is 10.2. The van der Waals surface area contributed by atoms with E-state index in [0.29, 0.717) is 6.54 Å². The van der Waals surface area contributed by atoms with Crippen LogP contribution in [0, 0.1) is 0 Å². The maximum Gasteiger partial charge on any atom is 0.250 e. The zero-order valence-corrected chi connectivity index (χ0v) is 11.3. The molecule has 1 aromatic carbocycles. The van der Waals surface area contributed by atoms with Gasteiger partial charge in [-0.15, -0.1) is 0 Å². The third-order valence-electron chi connectivity index (χ3n) is 3.99. The highest BCUT2D eigenvalue weighted by Gasteiger charge is 2.39. The topological polar surface area (TPSA) is 57.7 Å². The predicted molar refractivity (Wildman–Crippen MR) is 73.0 cm³/mol. The molecule has 0 aromatic heterocycles. The van der Waals surface area contributed by atoms with Crippen molar-refractivity contribution in [3.05, 3.63) is 29.8 Å². The Balaban J connectivity index is 1.83. The lowest BCUT2D eigenvalue weighted by Gasteiger charge is -2.26. The molecule has 1 aromatic rings. The molecule has 1 atom stereocenters. The van der Waals surface area contributed by atoms with Gasteiger partial charge in [-0.1, -0.05) is 18.2 Å². The van der Waals surface area contributed by atoms with Crippen LogP contribution in [0.2, 0.25) is 0 Å². The molecule has 2 aliphatic rings. The van der Waals surface area contributed by atoms with Gasteiger partial charge in [0, 0.05) is 25.1 Å². The van der Waals surface area contributed by atoms with Crippen LogP contribution in [0.15, 0.2) is 24.3 Å². The molecule has 5 heteroatoms. The molecule has 0 bridgehead atoms. The minimum absolute atomic E-state index is 0.182. The summed E-state index contributed by atoms with van der Waals surface area (Å²) >= 11 is 0. The summed E-state index contributed by atoms with van der Waals surface area (Å²) in [5.41, 5.74) is 2.02. The van der Waals surface area contributed by atoms with Gasteiger partial charge in [0.1, 0.15) is 6.04 Å². The molecular weight excluding hydrogens is 256 g/mol. The number of benzene rings is 1. The maximum atomic E-state index is 12.6. The van der Waals surface area contributed by atoms with E-state index < -0.39 is 6.04 Å². The van der Waals surface area contributed by atoms with E-state index in [-0.39, 0.29) is 30.6 Å². The zero-order valence-electron chi connectivity index (χ0n) is 11.3. The second-order valence-corrected chi connectivity index (χ2v) is 5.20. The Hall–Kier alpha value is -2.17. The summed E-state index contributed by atoms with van der Waals surface area (Å²) in [5.74, 6) is -0.676. The summed E-state index contributed by atoms with van der Waals surface area (Å²) < 4.78 is 0. The Morgan fingerprint density at radius 3 is 2.45 bits per heavy atom. The summed E-state index contributed by atoms with van der Waals surface area (Å²) in [5, 5.41) is 0. The van der Waals surface area contributed by atoms with Crippen LogP contribution in [-0.4, -0.2) is 35.2 Å². The molecule has 2 aliphatic heterocycles. The van der Waals surface area contributed by atoms with Crippen molar-refractivity contribution >= 4 is 23.4 Å². The lowest BCUT2D eigenvalue weighted by molar-refractivity contribution is -0.145. The molecule has 2 heterocycles. The molecule has 0 radical (unpaired) electrons. The highest BCUT2D eigenvalue weighted by atomic mass is 16.2. The number of carbonyl (C=O) groups is 3. The number of imide groups is 1. The Morgan fingerprint density at radius 1 is 1.10 bits per heavy atom. The fraction of sp³-hybridized carbons (Fsp3) is 0.400. The van der Waals surface area contributed by atoms with Crippen LogP contribution in [0.3, 0.4) is 0 Å². The fourth-order valence-electron chi connectivity index (χ4n) is 2.93. The minimum atomic E-state index is -0.719. The van der Waals surface area contributed by atoms with Gasteiger partial charge in [0.2, 0.25) is 17.7 Å². The lowest BCUT2D eigenvalue weighted by Crippen LogP contribution is -2.48. The van der Waals surface area contributed by atoms with Crippen LogP contribution in [0.5, 0.6) is 0 Å². The molecular formula is C15H16N2O3. The first-order chi connectivity index (χ1) is 9.59. The van der Waals surface area contributed by atoms with E-state index in [2.05, 4.69) is 0 Å². The van der Waals surface area contributed by atoms with Crippen molar-refractivity contribution in [3.63, 3.8) is 0 Å². The molecule has 104 valence electrons. The van der Waals surface area contributed by atoms with Crippen molar-refractivity contribution in [1.29, 1.82) is 0 Å². The van der Waals surface area contributed by atoms with Crippen molar-refractivity contribution in [2.24, 2.45) is 0 Å². The van der Waals surface area contributed by atoms with E-state index in [1.165, 1.54) is 0 Å². The zero-order chi connectivity index (χ0) is 14.3. The summed E-state index contributed by atoms with van der Waals surface area (Å²) in [7, 11) is 0. The second kappa shape index (κ2) is 4.74. The van der Waals surface area contributed by atoms with Gasteiger partial charge in [0.25, 0.3) is 0 Å². The Kier molecular flexibility index (Phi) is 3.04. The van der Waals surface area contributed by atoms with E-state index in [1.807, 2.05) is 24.3 Å². The number of hydrogen-bond acceptors (Lipinski definition) is 3. The largest absolute Gasteiger partial charge is 0.310 e. The van der Waals surface area contributed by atoms with Crippen molar-refractivity contribution in [3.8, 4) is 0 Å². The van der Waals surface area contributed by atoms with E-state index in [9.17, 15) is 14.4 Å². The third-order valence-corrected chi connectivity index (χ3v) is 3.99. The second-order valence-electron chi connectivity index (χ2n) is 5.20. The van der Waals surface area contributed by atoms with Gasteiger partial charge in [0.15, 0.2) is 0 Å². The molecule has 3 rings (SSSR count). The summed E-state index contributed by atoms with van der Waals surface area (Å²) in [6, 6.07) is 7.02. The van der Waals surface area contributed by atoms with E-state index in [0.717, 1.165) is 22.6 Å². The van der Waals surface area contributed by atoms with Gasteiger partial charge in [0.05, 0.1) is 0 Å². The molecule has 20 heavy (non-hydrogen) atoms. The van der Waals surface area contributed by atoms with Gasteiger partial charge in [-0.05, 0) is 25.0 Å². The van der Waals surface area contributed by atoms with Crippen LogP contribution in [0.1, 0.15) is 25.3 Å². The molecule has 1 unspecified atom stereocenters. The van der Waals surface area contributed by atoms with Crippen LogP contribution in [-0.2, 0) is 20.8 Å². The molecule has 0 spiro atoms. The first-order valence-corrected chi connectivity index (χ1v) is 6.84. The van der Waals surface area contributed by atoms with Crippen molar-refractivity contribution in [2.45, 2.75) is 32.2 Å². The van der Waals surface area contributed by atoms with Crippen molar-refractivity contribution in [1.82, 2.24) is 4.90 Å². The molecule has 1 fully saturated rings. The monoisotopic (exact) mass is 272 g/mol. The number of likely N-dealkylation sites (tertiary alicyclic amines) is 1. The average molecular weight is 272 g/mol. The molecule has 1 saturated heterocycles. The quantitative estimate of drug-likeness (QED) is 0.758. The predicted octanol–water partition coefficient (Wildman–Crippen LogP) is 1.11. The number of nitrogens with zero attached hydrogens (tertiary/aromatic N) is 2. The normalized spacial score (nSPS) is 19.4. The van der Waals surface area contributed by atoms with Crippen molar-refractivity contribution in [2.75, 3.05) is 11.4 Å². The number of carbonyl (C=O) groups excluding carboxylic acids is 3. The van der Waals surface area contributed by atoms with Crippen LogP contribution < -0.4 is 4.90 Å². The van der Waals surface area contributed by atoms with E-state index in [1.54, 1.807) is 11.8 Å². The first-order valence-electron chi connectivity index (χ1n) is 6.84. The molecule has 0 N–H and O–H groups in total. The maximum absolute atomic E-state index is 12.6. The van der Waals surface area contributed by atoms with Crippen LogP contribution in [0.25, 0.3) is 0 Å².